The second kappa shape index (κ2) is 7.17. The van der Waals surface area contributed by atoms with E-state index in [4.69, 9.17) is 10.00 Å². The van der Waals surface area contributed by atoms with Gasteiger partial charge in [0.05, 0.1) is 0 Å². The Hall–Kier alpha value is -1.34. The van der Waals surface area contributed by atoms with Crippen molar-refractivity contribution in [2.45, 2.75) is 12.8 Å². The van der Waals surface area contributed by atoms with E-state index in [2.05, 4.69) is 17.1 Å². The Kier molecular flexibility index (Phi) is 5.22. The predicted molar refractivity (Wildman–Crippen MR) is 76.1 cm³/mol. The van der Waals surface area contributed by atoms with Crippen LogP contribution in [0.15, 0.2) is 24.3 Å². The molecule has 0 aromatic heterocycles. The van der Waals surface area contributed by atoms with E-state index in [0.29, 0.717) is 0 Å². The largest absolute Gasteiger partial charge is 0.479 e. The van der Waals surface area contributed by atoms with E-state index in [1.54, 1.807) is 0 Å². The zero-order valence-corrected chi connectivity index (χ0v) is 11.2. The van der Waals surface area contributed by atoms with E-state index < -0.39 is 0 Å². The highest BCUT2D eigenvalue weighted by molar-refractivity contribution is 7.99. The fourth-order valence-corrected chi connectivity index (χ4v) is 3.20. The molecule has 1 fully saturated rings. The molecule has 0 aliphatic carbocycles. The van der Waals surface area contributed by atoms with Gasteiger partial charge >= 0.3 is 0 Å². The lowest BCUT2D eigenvalue weighted by molar-refractivity contribution is 0.368. The van der Waals surface area contributed by atoms with E-state index >= 15 is 0 Å². The molecule has 0 saturated carbocycles. The lowest BCUT2D eigenvalue weighted by Gasteiger charge is -2.22. The summed E-state index contributed by atoms with van der Waals surface area (Å²) < 4.78 is 5.28. The van der Waals surface area contributed by atoms with Crippen LogP contribution in [0.25, 0.3) is 0 Å². The van der Waals surface area contributed by atoms with Gasteiger partial charge in [-0.05, 0) is 42.4 Å². The summed E-state index contributed by atoms with van der Waals surface area (Å²) >= 11 is 2.05. The van der Waals surface area contributed by atoms with E-state index in [-0.39, 0.29) is 6.61 Å². The van der Waals surface area contributed by atoms with Crippen LogP contribution in [0.2, 0.25) is 0 Å². The summed E-state index contributed by atoms with van der Waals surface area (Å²) in [5, 5.41) is 11.9. The lowest BCUT2D eigenvalue weighted by atomic mass is 10.1. The van der Waals surface area contributed by atoms with Crippen molar-refractivity contribution in [1.82, 2.24) is 0 Å². The van der Waals surface area contributed by atoms with Crippen LogP contribution in [0.4, 0.5) is 5.69 Å². The van der Waals surface area contributed by atoms with Crippen molar-refractivity contribution in [1.29, 1.82) is 5.26 Å². The Morgan fingerprint density at radius 3 is 3.22 bits per heavy atom. The van der Waals surface area contributed by atoms with E-state index in [9.17, 15) is 0 Å². The minimum Gasteiger partial charge on any atom is -0.479 e. The molecule has 96 valence electrons. The first-order valence-electron chi connectivity index (χ1n) is 6.30. The molecule has 0 bridgehead atoms. The Bertz CT molecular complexity index is 411. The highest BCUT2D eigenvalue weighted by Crippen LogP contribution is 2.23. The summed E-state index contributed by atoms with van der Waals surface area (Å²) in [6, 6.07) is 9.79. The summed E-state index contributed by atoms with van der Waals surface area (Å²) in [5.41, 5.74) is 1.07. The van der Waals surface area contributed by atoms with Gasteiger partial charge in [0.15, 0.2) is 6.61 Å². The average Bonchev–Trinajstić information content (AvgIpc) is 2.44. The molecule has 0 amide bonds. The first-order valence-corrected chi connectivity index (χ1v) is 7.45. The molecule has 1 unspecified atom stereocenters. The quantitative estimate of drug-likeness (QED) is 0.885. The highest BCUT2D eigenvalue weighted by atomic mass is 32.2. The van der Waals surface area contributed by atoms with E-state index in [1.165, 1.54) is 24.3 Å². The van der Waals surface area contributed by atoms with Crippen molar-refractivity contribution in [2.75, 3.05) is 30.0 Å². The van der Waals surface area contributed by atoms with Crippen LogP contribution in [0, 0.1) is 17.2 Å². The third-order valence-electron chi connectivity index (χ3n) is 2.99. The summed E-state index contributed by atoms with van der Waals surface area (Å²) in [4.78, 5) is 0. The molecular weight excluding hydrogens is 244 g/mol. The number of hydrogen-bond acceptors (Lipinski definition) is 4. The maximum atomic E-state index is 8.48. The van der Waals surface area contributed by atoms with Crippen molar-refractivity contribution >= 4 is 17.4 Å². The average molecular weight is 262 g/mol. The van der Waals surface area contributed by atoms with Gasteiger partial charge in [-0.3, -0.25) is 0 Å². The van der Waals surface area contributed by atoms with Crippen LogP contribution in [0.5, 0.6) is 5.75 Å². The minimum atomic E-state index is 0.0999. The van der Waals surface area contributed by atoms with Gasteiger partial charge in [0.1, 0.15) is 11.8 Å². The molecule has 1 heterocycles. The number of ether oxygens (including phenoxy) is 1. The molecule has 3 nitrogen and oxygen atoms in total. The highest BCUT2D eigenvalue weighted by Gasteiger charge is 2.13. The number of thioether (sulfide) groups is 1. The summed E-state index contributed by atoms with van der Waals surface area (Å²) in [7, 11) is 0. The van der Waals surface area contributed by atoms with Gasteiger partial charge < -0.3 is 10.1 Å². The maximum absolute atomic E-state index is 8.48. The molecule has 1 aliphatic rings. The van der Waals surface area contributed by atoms with Crippen molar-refractivity contribution in [3.05, 3.63) is 24.3 Å². The normalized spacial score (nSPS) is 18.9. The molecule has 1 saturated heterocycles. The van der Waals surface area contributed by atoms with Crippen LogP contribution < -0.4 is 10.1 Å². The molecule has 18 heavy (non-hydrogen) atoms. The molecule has 0 radical (unpaired) electrons. The zero-order chi connectivity index (χ0) is 12.6. The summed E-state index contributed by atoms with van der Waals surface area (Å²) in [5.74, 6) is 4.10. The number of nitriles is 1. The smallest absolute Gasteiger partial charge is 0.174 e. The van der Waals surface area contributed by atoms with Crippen LogP contribution in [0.3, 0.4) is 0 Å². The van der Waals surface area contributed by atoms with Gasteiger partial charge in [0.2, 0.25) is 0 Å². The second-order valence-electron chi connectivity index (χ2n) is 4.44. The molecule has 1 N–H and O–H groups in total. The third kappa shape index (κ3) is 4.15. The lowest BCUT2D eigenvalue weighted by Crippen LogP contribution is -2.20. The predicted octanol–water partition coefficient (Wildman–Crippen LogP) is 3.14. The van der Waals surface area contributed by atoms with Gasteiger partial charge in [0, 0.05) is 18.3 Å². The van der Waals surface area contributed by atoms with Gasteiger partial charge in [-0.25, -0.2) is 0 Å². The fraction of sp³-hybridized carbons (Fsp3) is 0.500. The first-order chi connectivity index (χ1) is 8.88. The Morgan fingerprint density at radius 1 is 1.50 bits per heavy atom. The van der Waals surface area contributed by atoms with Crippen molar-refractivity contribution in [3.63, 3.8) is 0 Å². The number of hydrogen-bond donors (Lipinski definition) is 1. The second-order valence-corrected chi connectivity index (χ2v) is 5.59. The van der Waals surface area contributed by atoms with Gasteiger partial charge in [-0.15, -0.1) is 0 Å². The number of benzene rings is 1. The van der Waals surface area contributed by atoms with Gasteiger partial charge in [-0.1, -0.05) is 6.07 Å². The first kappa shape index (κ1) is 13.1. The molecular formula is C14H18N2OS. The molecule has 1 aromatic rings. The maximum Gasteiger partial charge on any atom is 0.174 e. The summed E-state index contributed by atoms with van der Waals surface area (Å²) in [6.45, 7) is 1.12. The number of nitrogens with zero attached hydrogens (tertiary/aromatic N) is 1. The van der Waals surface area contributed by atoms with Gasteiger partial charge in [-0.2, -0.15) is 17.0 Å². The zero-order valence-electron chi connectivity index (χ0n) is 10.4. The van der Waals surface area contributed by atoms with E-state index in [1.807, 2.05) is 30.3 Å². The fourth-order valence-electron chi connectivity index (χ4n) is 2.04. The topological polar surface area (TPSA) is 45.0 Å². The summed E-state index contributed by atoms with van der Waals surface area (Å²) in [6.07, 6.45) is 2.66. The Balaban J connectivity index is 1.82. The number of rotatable bonds is 5. The van der Waals surface area contributed by atoms with Gasteiger partial charge in [0.25, 0.3) is 0 Å². The molecule has 4 heteroatoms. The number of anilines is 1. The molecule has 1 aliphatic heterocycles. The molecule has 0 spiro atoms. The molecule has 1 aromatic carbocycles. The Morgan fingerprint density at radius 2 is 2.44 bits per heavy atom. The van der Waals surface area contributed by atoms with Crippen molar-refractivity contribution in [2.24, 2.45) is 5.92 Å². The van der Waals surface area contributed by atoms with Crippen LogP contribution in [-0.2, 0) is 0 Å². The van der Waals surface area contributed by atoms with Crippen LogP contribution in [0.1, 0.15) is 12.8 Å². The van der Waals surface area contributed by atoms with Crippen LogP contribution in [-0.4, -0.2) is 24.7 Å². The Labute approximate surface area is 113 Å². The van der Waals surface area contributed by atoms with Crippen molar-refractivity contribution < 1.29 is 4.74 Å². The standard InChI is InChI=1S/C14H18N2OS/c15-6-7-17-14-5-1-4-13(9-14)16-10-12-3-2-8-18-11-12/h1,4-5,9,12,16H,2-3,7-8,10-11H2. The monoisotopic (exact) mass is 262 g/mol. The third-order valence-corrected chi connectivity index (χ3v) is 4.27. The SMILES string of the molecule is N#CCOc1cccc(NCC2CCCSC2)c1. The van der Waals surface area contributed by atoms with E-state index in [0.717, 1.165) is 23.9 Å². The van der Waals surface area contributed by atoms with Crippen molar-refractivity contribution in [3.8, 4) is 11.8 Å². The van der Waals surface area contributed by atoms with Crippen LogP contribution >= 0.6 is 11.8 Å². The minimum absolute atomic E-state index is 0.0999. The number of nitrogens with one attached hydrogen (secondary N) is 1. The molecule has 1 atom stereocenters. The molecule has 2 rings (SSSR count).